The summed E-state index contributed by atoms with van der Waals surface area (Å²) in [4.78, 5) is 19.3. The second-order valence-electron chi connectivity index (χ2n) is 7.91. The van der Waals surface area contributed by atoms with Crippen molar-refractivity contribution < 1.29 is 19.0 Å². The van der Waals surface area contributed by atoms with E-state index in [2.05, 4.69) is 11.1 Å². The van der Waals surface area contributed by atoms with Gasteiger partial charge in [0, 0.05) is 35.6 Å². The number of carbonyl (C=O) groups excluding carboxylic acids is 1. The average molecular weight is 451 g/mol. The highest BCUT2D eigenvalue weighted by atomic mass is 16.5. The van der Waals surface area contributed by atoms with Gasteiger partial charge in [-0.1, -0.05) is 0 Å². The Morgan fingerprint density at radius 3 is 2.38 bits per heavy atom. The molecule has 168 valence electrons. The second kappa shape index (κ2) is 8.41. The second-order valence-corrected chi connectivity index (χ2v) is 7.91. The highest BCUT2D eigenvalue weighted by Crippen LogP contribution is 2.42. The minimum absolute atomic E-state index is 0.235. The number of hydrogen-bond acceptors (Lipinski definition) is 7. The van der Waals surface area contributed by atoms with Gasteiger partial charge in [-0.2, -0.15) is 5.26 Å². The van der Waals surface area contributed by atoms with Crippen molar-refractivity contribution in [1.29, 1.82) is 5.26 Å². The van der Waals surface area contributed by atoms with E-state index in [0.29, 0.717) is 22.6 Å². The van der Waals surface area contributed by atoms with E-state index in [1.54, 1.807) is 32.5 Å². The summed E-state index contributed by atoms with van der Waals surface area (Å²) in [5.74, 6) is 1.57. The third-order valence-electron chi connectivity index (χ3n) is 6.05. The SMILES string of the molecule is COc1cc2cc3c(c(-c4ccc(N(C)c5ccc(C#N)cc5)nc4)c2cc1OC)C(=O)OC3. The quantitative estimate of drug-likeness (QED) is 0.384. The van der Waals surface area contributed by atoms with Crippen molar-refractivity contribution in [2.75, 3.05) is 26.2 Å². The van der Waals surface area contributed by atoms with E-state index in [-0.39, 0.29) is 12.6 Å². The van der Waals surface area contributed by atoms with Crippen molar-refractivity contribution >= 4 is 28.2 Å². The zero-order chi connectivity index (χ0) is 23.8. The number of cyclic esters (lactones) is 1. The van der Waals surface area contributed by atoms with Crippen LogP contribution in [-0.4, -0.2) is 32.2 Å². The number of anilines is 2. The molecule has 0 amide bonds. The van der Waals surface area contributed by atoms with Gasteiger partial charge in [0.25, 0.3) is 0 Å². The summed E-state index contributed by atoms with van der Waals surface area (Å²) in [6.45, 7) is 0.235. The zero-order valence-electron chi connectivity index (χ0n) is 19.0. The molecule has 0 saturated heterocycles. The largest absolute Gasteiger partial charge is 0.493 e. The van der Waals surface area contributed by atoms with Crippen molar-refractivity contribution in [3.8, 4) is 28.7 Å². The van der Waals surface area contributed by atoms with Crippen LogP contribution >= 0.6 is 0 Å². The maximum Gasteiger partial charge on any atom is 0.339 e. The van der Waals surface area contributed by atoms with Crippen molar-refractivity contribution in [1.82, 2.24) is 4.98 Å². The smallest absolute Gasteiger partial charge is 0.339 e. The topological polar surface area (TPSA) is 84.7 Å². The standard InChI is InChI=1S/C27H21N3O4/c1-30(20-7-4-16(13-28)5-8-20)24-9-6-17(14-29-24)25-21-12-23(33-3)22(32-2)11-18(21)10-19-15-34-27(31)26(19)25/h4-12,14H,15H2,1-3H3. The van der Waals surface area contributed by atoms with Gasteiger partial charge in [0.2, 0.25) is 0 Å². The summed E-state index contributed by atoms with van der Waals surface area (Å²) in [6.07, 6.45) is 1.76. The molecular formula is C27H21N3O4. The molecule has 7 heteroatoms. The Morgan fingerprint density at radius 1 is 1.00 bits per heavy atom. The normalized spacial score (nSPS) is 12.1. The van der Waals surface area contributed by atoms with E-state index in [0.717, 1.165) is 39.0 Å². The van der Waals surface area contributed by atoms with E-state index >= 15 is 0 Å². The molecule has 0 aliphatic carbocycles. The lowest BCUT2D eigenvalue weighted by atomic mass is 9.91. The van der Waals surface area contributed by atoms with Crippen LogP contribution in [0.25, 0.3) is 21.9 Å². The Balaban J connectivity index is 1.63. The number of ether oxygens (including phenoxy) is 3. The van der Waals surface area contributed by atoms with Crippen LogP contribution in [0.5, 0.6) is 11.5 Å². The summed E-state index contributed by atoms with van der Waals surface area (Å²) in [5, 5.41) is 10.8. The Bertz CT molecular complexity index is 1460. The minimum Gasteiger partial charge on any atom is -0.493 e. The summed E-state index contributed by atoms with van der Waals surface area (Å²) in [5.41, 5.74) is 4.45. The van der Waals surface area contributed by atoms with Gasteiger partial charge in [0.1, 0.15) is 12.4 Å². The number of fused-ring (bicyclic) bond motifs is 2. The summed E-state index contributed by atoms with van der Waals surface area (Å²) in [7, 11) is 5.09. The number of benzene rings is 3. The van der Waals surface area contributed by atoms with E-state index in [4.69, 9.17) is 19.5 Å². The fourth-order valence-corrected chi connectivity index (χ4v) is 4.27. The molecule has 34 heavy (non-hydrogen) atoms. The van der Waals surface area contributed by atoms with Crippen molar-refractivity contribution in [3.63, 3.8) is 0 Å². The Labute approximate surface area is 196 Å². The van der Waals surface area contributed by atoms with Gasteiger partial charge >= 0.3 is 5.97 Å². The molecule has 0 N–H and O–H groups in total. The first-order valence-electron chi connectivity index (χ1n) is 10.6. The number of nitriles is 1. The molecule has 1 aliphatic heterocycles. The van der Waals surface area contributed by atoms with E-state index in [1.807, 2.05) is 54.4 Å². The fraction of sp³-hybridized carbons (Fsp3) is 0.148. The molecule has 0 spiro atoms. The van der Waals surface area contributed by atoms with Gasteiger partial charge in [-0.25, -0.2) is 9.78 Å². The predicted octanol–water partition coefficient (Wildman–Crippen LogP) is 5.23. The maximum atomic E-state index is 12.7. The fourth-order valence-electron chi connectivity index (χ4n) is 4.27. The van der Waals surface area contributed by atoms with Crippen molar-refractivity contribution in [3.05, 3.63) is 77.5 Å². The number of pyridine rings is 1. The monoisotopic (exact) mass is 451 g/mol. The van der Waals surface area contributed by atoms with Gasteiger partial charge in [-0.15, -0.1) is 0 Å². The van der Waals surface area contributed by atoms with Crippen molar-refractivity contribution in [2.45, 2.75) is 6.61 Å². The number of nitrogens with zero attached hydrogens (tertiary/aromatic N) is 3. The lowest BCUT2D eigenvalue weighted by Crippen LogP contribution is -2.11. The lowest BCUT2D eigenvalue weighted by Gasteiger charge is -2.19. The average Bonchev–Trinajstić information content (AvgIpc) is 3.26. The van der Waals surface area contributed by atoms with Crippen LogP contribution < -0.4 is 14.4 Å². The molecule has 3 aromatic carbocycles. The molecule has 1 aliphatic rings. The minimum atomic E-state index is -0.347. The number of carbonyl (C=O) groups is 1. The molecule has 5 rings (SSSR count). The van der Waals surface area contributed by atoms with Gasteiger partial charge in [0.05, 0.1) is 31.4 Å². The molecule has 7 nitrogen and oxygen atoms in total. The zero-order valence-corrected chi connectivity index (χ0v) is 19.0. The number of rotatable bonds is 5. The van der Waals surface area contributed by atoms with Gasteiger partial charge in [0.15, 0.2) is 11.5 Å². The molecule has 0 saturated carbocycles. The molecule has 0 bridgehead atoms. The van der Waals surface area contributed by atoms with Crippen LogP contribution in [0.4, 0.5) is 11.5 Å². The first-order valence-corrected chi connectivity index (χ1v) is 10.6. The van der Waals surface area contributed by atoms with Crippen LogP contribution in [0.15, 0.2) is 60.8 Å². The highest BCUT2D eigenvalue weighted by Gasteiger charge is 2.28. The van der Waals surface area contributed by atoms with Crippen LogP contribution in [0.3, 0.4) is 0 Å². The summed E-state index contributed by atoms with van der Waals surface area (Å²) in [6, 6.07) is 19.0. The molecule has 0 atom stereocenters. The molecule has 1 aromatic heterocycles. The Hall–Kier alpha value is -4.57. The van der Waals surface area contributed by atoms with Gasteiger partial charge < -0.3 is 19.1 Å². The Morgan fingerprint density at radius 2 is 1.74 bits per heavy atom. The molecule has 2 heterocycles. The maximum absolute atomic E-state index is 12.7. The van der Waals surface area contributed by atoms with Crippen LogP contribution in [0.1, 0.15) is 21.5 Å². The molecule has 4 aromatic rings. The van der Waals surface area contributed by atoms with E-state index < -0.39 is 0 Å². The Kier molecular flexibility index (Phi) is 5.27. The van der Waals surface area contributed by atoms with Gasteiger partial charge in [-0.3, -0.25) is 0 Å². The molecule has 0 radical (unpaired) electrons. The van der Waals surface area contributed by atoms with E-state index in [9.17, 15) is 4.79 Å². The third-order valence-corrected chi connectivity index (χ3v) is 6.05. The van der Waals surface area contributed by atoms with Crippen LogP contribution in [0.2, 0.25) is 0 Å². The highest BCUT2D eigenvalue weighted by molar-refractivity contribution is 6.11. The molecular weight excluding hydrogens is 430 g/mol. The van der Waals surface area contributed by atoms with Crippen LogP contribution in [0, 0.1) is 11.3 Å². The van der Waals surface area contributed by atoms with Crippen LogP contribution in [-0.2, 0) is 11.3 Å². The number of esters is 1. The molecule has 0 unspecified atom stereocenters. The number of methoxy groups -OCH3 is 2. The lowest BCUT2D eigenvalue weighted by molar-refractivity contribution is 0.0535. The van der Waals surface area contributed by atoms with Crippen molar-refractivity contribution in [2.24, 2.45) is 0 Å². The predicted molar refractivity (Wildman–Crippen MR) is 129 cm³/mol. The molecule has 0 fully saturated rings. The first kappa shape index (κ1) is 21.3. The number of hydrogen-bond donors (Lipinski definition) is 0. The first-order chi connectivity index (χ1) is 16.5. The summed E-state index contributed by atoms with van der Waals surface area (Å²) >= 11 is 0. The number of aromatic nitrogens is 1. The third kappa shape index (κ3) is 3.46. The summed E-state index contributed by atoms with van der Waals surface area (Å²) < 4.78 is 16.3. The van der Waals surface area contributed by atoms with E-state index in [1.165, 1.54) is 0 Å². The van der Waals surface area contributed by atoms with Gasteiger partial charge in [-0.05, 0) is 65.4 Å².